The van der Waals surface area contributed by atoms with Crippen molar-refractivity contribution in [3.63, 3.8) is 0 Å². The van der Waals surface area contributed by atoms with Crippen LogP contribution in [0, 0.1) is 10.1 Å². The van der Waals surface area contributed by atoms with Crippen LogP contribution in [0.25, 0.3) is 0 Å². The van der Waals surface area contributed by atoms with Crippen molar-refractivity contribution in [2.45, 2.75) is 13.3 Å². The van der Waals surface area contributed by atoms with E-state index in [1.165, 1.54) is 14.2 Å². The molecular weight excluding hydrogens is 284 g/mol. The van der Waals surface area contributed by atoms with Gasteiger partial charge in [0.2, 0.25) is 5.88 Å². The van der Waals surface area contributed by atoms with Crippen molar-refractivity contribution < 1.29 is 28.7 Å². The predicted molar refractivity (Wildman–Crippen MR) is 69.6 cm³/mol. The first kappa shape index (κ1) is 16.3. The zero-order valence-electron chi connectivity index (χ0n) is 11.7. The molecule has 0 amide bonds. The normalized spacial score (nSPS) is 9.86. The van der Waals surface area contributed by atoms with Crippen molar-refractivity contribution in [2.24, 2.45) is 0 Å². The van der Waals surface area contributed by atoms with Crippen molar-refractivity contribution in [2.75, 3.05) is 20.8 Å². The molecule has 0 aliphatic rings. The van der Waals surface area contributed by atoms with E-state index in [1.54, 1.807) is 6.92 Å². The number of aromatic nitrogens is 1. The summed E-state index contributed by atoms with van der Waals surface area (Å²) in [5.41, 5.74) is -0.677. The number of nitrogens with zero attached hydrogens (tertiary/aromatic N) is 2. The highest BCUT2D eigenvalue weighted by Gasteiger charge is 2.26. The number of ether oxygens (including phenoxy) is 3. The molecule has 1 aromatic heterocycles. The molecule has 0 aliphatic heterocycles. The van der Waals surface area contributed by atoms with Crippen molar-refractivity contribution in [1.29, 1.82) is 0 Å². The lowest BCUT2D eigenvalue weighted by Crippen LogP contribution is -2.13. The fourth-order valence-corrected chi connectivity index (χ4v) is 1.54. The van der Waals surface area contributed by atoms with E-state index >= 15 is 0 Å². The fourth-order valence-electron chi connectivity index (χ4n) is 1.54. The van der Waals surface area contributed by atoms with Gasteiger partial charge in [0.1, 0.15) is 6.42 Å². The molecule has 21 heavy (non-hydrogen) atoms. The lowest BCUT2D eigenvalue weighted by molar-refractivity contribution is -0.386. The number of Topliss-reactive ketones (excluding diaryl/α,β-unsaturated/α-hetero) is 1. The Labute approximate surface area is 120 Å². The molecule has 0 bridgehead atoms. The minimum absolute atomic E-state index is 0.129. The standard InChI is InChI=1S/C12H14N2O7/c1-4-21-10(16)6-9(15)7-5-8(14(17)18)12(20-3)13-11(7)19-2/h5H,4,6H2,1-3H3. The Morgan fingerprint density at radius 1 is 1.29 bits per heavy atom. The topological polar surface area (TPSA) is 118 Å². The van der Waals surface area contributed by atoms with E-state index in [0.717, 1.165) is 6.07 Å². The van der Waals surface area contributed by atoms with Crippen molar-refractivity contribution in [3.05, 3.63) is 21.7 Å². The average Bonchev–Trinajstić information content (AvgIpc) is 2.45. The Bertz CT molecular complexity index is 571. The highest BCUT2D eigenvalue weighted by atomic mass is 16.6. The van der Waals surface area contributed by atoms with Gasteiger partial charge in [0.05, 0.1) is 31.3 Å². The minimum atomic E-state index is -0.744. The third kappa shape index (κ3) is 3.88. The summed E-state index contributed by atoms with van der Waals surface area (Å²) in [6.45, 7) is 1.73. The number of carbonyl (C=O) groups is 2. The maximum absolute atomic E-state index is 12.0. The highest BCUT2D eigenvalue weighted by molar-refractivity contribution is 6.07. The first-order valence-corrected chi connectivity index (χ1v) is 5.90. The van der Waals surface area contributed by atoms with E-state index in [0.29, 0.717) is 0 Å². The second-order valence-electron chi connectivity index (χ2n) is 3.74. The molecule has 0 saturated carbocycles. The van der Waals surface area contributed by atoms with Crippen molar-refractivity contribution in [3.8, 4) is 11.8 Å². The Kier molecular flexibility index (Phi) is 5.58. The molecule has 0 unspecified atom stereocenters. The van der Waals surface area contributed by atoms with Crippen LogP contribution in [0.2, 0.25) is 0 Å². The van der Waals surface area contributed by atoms with Gasteiger partial charge in [0, 0.05) is 6.07 Å². The van der Waals surface area contributed by atoms with Crippen LogP contribution < -0.4 is 9.47 Å². The summed E-state index contributed by atoms with van der Waals surface area (Å²) in [6, 6.07) is 0.965. The zero-order valence-corrected chi connectivity index (χ0v) is 11.7. The van der Waals surface area contributed by atoms with Crippen LogP contribution in [0.5, 0.6) is 11.8 Å². The van der Waals surface area contributed by atoms with Gasteiger partial charge in [0.25, 0.3) is 5.88 Å². The number of pyridine rings is 1. The molecule has 1 rings (SSSR count). The maximum Gasteiger partial charge on any atom is 0.331 e. The van der Waals surface area contributed by atoms with Gasteiger partial charge in [-0.25, -0.2) is 0 Å². The lowest BCUT2D eigenvalue weighted by atomic mass is 10.1. The van der Waals surface area contributed by atoms with E-state index in [1.807, 2.05) is 0 Å². The smallest absolute Gasteiger partial charge is 0.331 e. The molecule has 0 saturated heterocycles. The highest BCUT2D eigenvalue weighted by Crippen LogP contribution is 2.31. The zero-order chi connectivity index (χ0) is 16.0. The van der Waals surface area contributed by atoms with Crippen LogP contribution >= 0.6 is 0 Å². The molecule has 0 aromatic carbocycles. The summed E-state index contributed by atoms with van der Waals surface area (Å²) in [7, 11) is 2.45. The molecule has 0 spiro atoms. The van der Waals surface area contributed by atoms with Crippen molar-refractivity contribution >= 4 is 17.4 Å². The van der Waals surface area contributed by atoms with E-state index in [2.05, 4.69) is 9.72 Å². The summed E-state index contributed by atoms with van der Waals surface area (Å²) in [6.07, 6.45) is -0.560. The lowest BCUT2D eigenvalue weighted by Gasteiger charge is -2.08. The van der Waals surface area contributed by atoms with E-state index in [4.69, 9.17) is 9.47 Å². The second-order valence-corrected chi connectivity index (χ2v) is 3.74. The van der Waals surface area contributed by atoms with Gasteiger partial charge >= 0.3 is 11.7 Å². The number of esters is 1. The predicted octanol–water partition coefficient (Wildman–Crippen LogP) is 1.14. The number of nitro groups is 1. The molecule has 9 heteroatoms. The first-order chi connectivity index (χ1) is 9.94. The largest absolute Gasteiger partial charge is 0.480 e. The first-order valence-electron chi connectivity index (χ1n) is 5.90. The second kappa shape index (κ2) is 7.17. The van der Waals surface area contributed by atoms with Crippen LogP contribution in [0.1, 0.15) is 23.7 Å². The van der Waals surface area contributed by atoms with Crippen LogP contribution in [-0.2, 0) is 9.53 Å². The van der Waals surface area contributed by atoms with E-state index < -0.39 is 28.8 Å². The number of ketones is 1. The van der Waals surface area contributed by atoms with Crippen LogP contribution in [0.15, 0.2) is 6.07 Å². The summed E-state index contributed by atoms with van der Waals surface area (Å²) in [5.74, 6) is -1.87. The van der Waals surface area contributed by atoms with Gasteiger partial charge in [-0.3, -0.25) is 19.7 Å². The number of carbonyl (C=O) groups excluding carboxylic acids is 2. The van der Waals surface area contributed by atoms with Crippen LogP contribution in [0.4, 0.5) is 5.69 Å². The molecule has 0 N–H and O–H groups in total. The van der Waals surface area contributed by atoms with E-state index in [9.17, 15) is 19.7 Å². The third-order valence-corrected chi connectivity index (χ3v) is 2.43. The number of hydrogen-bond acceptors (Lipinski definition) is 8. The van der Waals surface area contributed by atoms with Gasteiger partial charge in [0.15, 0.2) is 5.78 Å². The molecule has 114 valence electrons. The fraction of sp³-hybridized carbons (Fsp3) is 0.417. The molecule has 1 aromatic rings. The molecule has 0 aliphatic carbocycles. The Hall–Kier alpha value is -2.71. The van der Waals surface area contributed by atoms with Crippen LogP contribution in [-0.4, -0.2) is 42.5 Å². The Balaban J connectivity index is 3.21. The van der Waals surface area contributed by atoms with Crippen LogP contribution in [0.3, 0.4) is 0 Å². The minimum Gasteiger partial charge on any atom is -0.480 e. The van der Waals surface area contributed by atoms with Crippen molar-refractivity contribution in [1.82, 2.24) is 4.98 Å². The molecule has 0 radical (unpaired) electrons. The Morgan fingerprint density at radius 2 is 1.90 bits per heavy atom. The summed E-state index contributed by atoms with van der Waals surface area (Å²) >= 11 is 0. The average molecular weight is 298 g/mol. The van der Waals surface area contributed by atoms with Gasteiger partial charge in [-0.2, -0.15) is 4.98 Å². The summed E-state index contributed by atoms with van der Waals surface area (Å²) in [5, 5.41) is 10.9. The quantitative estimate of drug-likeness (QED) is 0.242. The number of rotatable bonds is 7. The molecular formula is C12H14N2O7. The number of methoxy groups -OCH3 is 2. The van der Waals surface area contributed by atoms with E-state index in [-0.39, 0.29) is 23.9 Å². The molecule has 9 nitrogen and oxygen atoms in total. The summed E-state index contributed by atoms with van der Waals surface area (Å²) < 4.78 is 14.3. The number of hydrogen-bond donors (Lipinski definition) is 0. The Morgan fingerprint density at radius 3 is 2.38 bits per heavy atom. The van der Waals surface area contributed by atoms with Gasteiger partial charge in [-0.15, -0.1) is 0 Å². The third-order valence-electron chi connectivity index (χ3n) is 2.43. The SMILES string of the molecule is CCOC(=O)CC(=O)c1cc([N+](=O)[O-])c(OC)nc1OC. The monoisotopic (exact) mass is 298 g/mol. The molecule has 0 atom stereocenters. The van der Waals surface area contributed by atoms with Gasteiger partial charge in [-0.1, -0.05) is 0 Å². The molecule has 0 fully saturated rings. The van der Waals surface area contributed by atoms with Gasteiger partial charge in [-0.05, 0) is 6.92 Å². The van der Waals surface area contributed by atoms with Gasteiger partial charge < -0.3 is 14.2 Å². The summed E-state index contributed by atoms with van der Waals surface area (Å²) in [4.78, 5) is 37.2. The molecule has 1 heterocycles. The maximum atomic E-state index is 12.0.